The van der Waals surface area contributed by atoms with E-state index in [2.05, 4.69) is 4.74 Å². The van der Waals surface area contributed by atoms with E-state index < -0.39 is 21.9 Å². The minimum Gasteiger partial charge on any atom is -0.469 e. The topological polar surface area (TPSA) is 63.7 Å². The molecule has 1 aliphatic rings. The molecule has 1 aliphatic heterocycles. The van der Waals surface area contributed by atoms with Crippen LogP contribution in [0.25, 0.3) is 0 Å². The SMILES string of the molecule is CCC1c2ccsc2CCN1S(=O)(=O)CC(C)C(=O)OC. The van der Waals surface area contributed by atoms with E-state index in [0.717, 1.165) is 18.4 Å². The van der Waals surface area contributed by atoms with Crippen LogP contribution in [0.15, 0.2) is 11.4 Å². The van der Waals surface area contributed by atoms with Gasteiger partial charge in [0.15, 0.2) is 0 Å². The zero-order valence-corrected chi connectivity index (χ0v) is 14.2. The molecule has 2 heterocycles. The van der Waals surface area contributed by atoms with E-state index >= 15 is 0 Å². The van der Waals surface area contributed by atoms with E-state index in [1.165, 1.54) is 12.0 Å². The Morgan fingerprint density at radius 2 is 2.29 bits per heavy atom. The van der Waals surface area contributed by atoms with Crippen LogP contribution in [-0.4, -0.2) is 38.1 Å². The fraction of sp³-hybridized carbons (Fsp3) is 0.643. The molecule has 5 nitrogen and oxygen atoms in total. The number of carbonyl (C=O) groups excluding carboxylic acids is 1. The van der Waals surface area contributed by atoms with Crippen molar-refractivity contribution in [3.05, 3.63) is 21.9 Å². The molecular weight excluding hydrogens is 310 g/mol. The van der Waals surface area contributed by atoms with Crippen molar-refractivity contribution in [2.75, 3.05) is 19.4 Å². The molecule has 0 radical (unpaired) electrons. The fourth-order valence-corrected chi connectivity index (χ4v) is 5.72. The quantitative estimate of drug-likeness (QED) is 0.776. The third-order valence-corrected chi connectivity index (χ3v) is 6.92. The van der Waals surface area contributed by atoms with E-state index in [1.54, 1.807) is 22.6 Å². The van der Waals surface area contributed by atoms with Crippen LogP contribution in [0.2, 0.25) is 0 Å². The number of hydrogen-bond acceptors (Lipinski definition) is 5. The third kappa shape index (κ3) is 3.30. The summed E-state index contributed by atoms with van der Waals surface area (Å²) >= 11 is 1.68. The van der Waals surface area contributed by atoms with E-state index in [1.807, 2.05) is 18.4 Å². The van der Waals surface area contributed by atoms with E-state index in [4.69, 9.17) is 0 Å². The lowest BCUT2D eigenvalue weighted by Gasteiger charge is -2.34. The van der Waals surface area contributed by atoms with Crippen molar-refractivity contribution in [1.82, 2.24) is 4.31 Å². The highest BCUT2D eigenvalue weighted by Crippen LogP contribution is 2.37. The summed E-state index contributed by atoms with van der Waals surface area (Å²) in [5.41, 5.74) is 1.11. The number of methoxy groups -OCH3 is 1. The van der Waals surface area contributed by atoms with Gasteiger partial charge in [0.25, 0.3) is 0 Å². The van der Waals surface area contributed by atoms with Gasteiger partial charge in [-0.2, -0.15) is 4.31 Å². The van der Waals surface area contributed by atoms with E-state index in [-0.39, 0.29) is 11.8 Å². The number of fused-ring (bicyclic) bond motifs is 1. The summed E-state index contributed by atoms with van der Waals surface area (Å²) in [7, 11) is -2.21. The summed E-state index contributed by atoms with van der Waals surface area (Å²) in [6, 6.07) is 1.90. The van der Waals surface area contributed by atoms with Crippen molar-refractivity contribution in [2.45, 2.75) is 32.7 Å². The number of esters is 1. The van der Waals surface area contributed by atoms with Crippen LogP contribution in [0.5, 0.6) is 0 Å². The van der Waals surface area contributed by atoms with Crippen LogP contribution in [-0.2, 0) is 26.0 Å². The molecule has 0 spiro atoms. The second kappa shape index (κ2) is 6.46. The molecular formula is C14H21NO4S2. The average Bonchev–Trinajstić information content (AvgIpc) is 2.92. The van der Waals surface area contributed by atoms with Crippen molar-refractivity contribution < 1.29 is 17.9 Å². The fourth-order valence-electron chi connectivity index (χ4n) is 2.81. The molecule has 1 aromatic heterocycles. The Labute approximate surface area is 130 Å². The molecule has 0 saturated heterocycles. The minimum atomic E-state index is -3.48. The van der Waals surface area contributed by atoms with Gasteiger partial charge in [-0.05, 0) is 29.9 Å². The van der Waals surface area contributed by atoms with Gasteiger partial charge >= 0.3 is 5.97 Å². The zero-order valence-electron chi connectivity index (χ0n) is 12.5. The second-order valence-electron chi connectivity index (χ2n) is 5.29. The van der Waals surface area contributed by atoms with Gasteiger partial charge in [0, 0.05) is 11.4 Å². The lowest BCUT2D eigenvalue weighted by molar-refractivity contribution is -0.144. The van der Waals surface area contributed by atoms with Gasteiger partial charge < -0.3 is 4.74 Å². The summed E-state index contributed by atoms with van der Waals surface area (Å²) in [6.45, 7) is 4.07. The van der Waals surface area contributed by atoms with Gasteiger partial charge in [-0.1, -0.05) is 13.8 Å². The Kier molecular flexibility index (Phi) is 5.06. The first-order valence-electron chi connectivity index (χ1n) is 7.04. The average molecular weight is 331 g/mol. The lowest BCUT2D eigenvalue weighted by atomic mass is 10.0. The second-order valence-corrected chi connectivity index (χ2v) is 8.25. The molecule has 0 bridgehead atoms. The number of sulfonamides is 1. The Balaban J connectivity index is 2.22. The van der Waals surface area contributed by atoms with Crippen molar-refractivity contribution in [2.24, 2.45) is 5.92 Å². The van der Waals surface area contributed by atoms with Gasteiger partial charge in [-0.3, -0.25) is 4.79 Å². The Morgan fingerprint density at radius 1 is 1.57 bits per heavy atom. The molecule has 1 aromatic rings. The molecule has 7 heteroatoms. The highest BCUT2D eigenvalue weighted by atomic mass is 32.2. The highest BCUT2D eigenvalue weighted by Gasteiger charge is 2.36. The normalized spacial score (nSPS) is 20.8. The number of carbonyl (C=O) groups is 1. The Hall–Kier alpha value is -0.920. The van der Waals surface area contributed by atoms with Crippen LogP contribution >= 0.6 is 11.3 Å². The molecule has 0 saturated carbocycles. The summed E-state index contributed by atoms with van der Waals surface area (Å²) in [5.74, 6) is -1.34. The lowest BCUT2D eigenvalue weighted by Crippen LogP contribution is -2.42. The largest absolute Gasteiger partial charge is 0.469 e. The summed E-state index contributed by atoms with van der Waals surface area (Å²) < 4.78 is 31.5. The first-order chi connectivity index (χ1) is 9.90. The molecule has 0 amide bonds. The maximum atomic E-state index is 12.6. The number of hydrogen-bond donors (Lipinski definition) is 0. The maximum absolute atomic E-state index is 12.6. The third-order valence-electron chi connectivity index (χ3n) is 3.85. The molecule has 0 aromatic carbocycles. The van der Waals surface area contributed by atoms with E-state index in [9.17, 15) is 13.2 Å². The molecule has 0 fully saturated rings. The number of ether oxygens (including phenoxy) is 1. The summed E-state index contributed by atoms with van der Waals surface area (Å²) in [6.07, 6.45) is 1.48. The molecule has 0 N–H and O–H groups in total. The van der Waals surface area contributed by atoms with E-state index in [0.29, 0.717) is 6.54 Å². The minimum absolute atomic E-state index is 0.116. The van der Waals surface area contributed by atoms with Crippen molar-refractivity contribution in [3.63, 3.8) is 0 Å². The monoisotopic (exact) mass is 331 g/mol. The van der Waals surface area contributed by atoms with Crippen LogP contribution in [0.3, 0.4) is 0 Å². The van der Waals surface area contributed by atoms with Crippen molar-refractivity contribution in [3.8, 4) is 0 Å². The number of rotatable bonds is 5. The first-order valence-corrected chi connectivity index (χ1v) is 9.53. The summed E-state index contributed by atoms with van der Waals surface area (Å²) in [5, 5.41) is 2.01. The van der Waals surface area contributed by atoms with Gasteiger partial charge in [0.1, 0.15) is 0 Å². The van der Waals surface area contributed by atoms with Gasteiger partial charge in [-0.25, -0.2) is 8.42 Å². The molecule has 2 unspecified atom stereocenters. The predicted octanol–water partition coefficient (Wildman–Crippen LogP) is 2.20. The van der Waals surface area contributed by atoms with Crippen LogP contribution in [0.1, 0.15) is 36.8 Å². The zero-order chi connectivity index (χ0) is 15.6. The molecule has 118 valence electrons. The van der Waals surface area contributed by atoms with Gasteiger partial charge in [0.05, 0.1) is 24.8 Å². The standard InChI is InChI=1S/C14H21NO4S2/c1-4-12-11-6-8-20-13(11)5-7-15(12)21(17,18)9-10(2)14(16)19-3/h6,8,10,12H,4-5,7,9H2,1-3H3. The molecule has 0 aliphatic carbocycles. The van der Waals surface area contributed by atoms with Crippen molar-refractivity contribution in [1.29, 1.82) is 0 Å². The van der Waals surface area contributed by atoms with Gasteiger partial charge in [0.2, 0.25) is 10.0 Å². The predicted molar refractivity (Wildman–Crippen MR) is 82.7 cm³/mol. The Morgan fingerprint density at radius 3 is 2.90 bits per heavy atom. The highest BCUT2D eigenvalue weighted by molar-refractivity contribution is 7.89. The van der Waals surface area contributed by atoms with Crippen LogP contribution < -0.4 is 0 Å². The number of thiophene rings is 1. The smallest absolute Gasteiger partial charge is 0.309 e. The Bertz CT molecular complexity index is 608. The first kappa shape index (κ1) is 16.5. The molecule has 2 atom stereocenters. The number of nitrogens with zero attached hydrogens (tertiary/aromatic N) is 1. The maximum Gasteiger partial charge on any atom is 0.309 e. The molecule has 2 rings (SSSR count). The van der Waals surface area contributed by atoms with Crippen LogP contribution in [0.4, 0.5) is 0 Å². The summed E-state index contributed by atoms with van der Waals surface area (Å²) in [4.78, 5) is 12.7. The van der Waals surface area contributed by atoms with Gasteiger partial charge in [-0.15, -0.1) is 11.3 Å². The van der Waals surface area contributed by atoms with Crippen LogP contribution in [0, 0.1) is 5.92 Å². The van der Waals surface area contributed by atoms with Crippen molar-refractivity contribution >= 4 is 27.3 Å². The molecule has 21 heavy (non-hydrogen) atoms.